The number of fused-ring (bicyclic) bond motifs is 1. The quantitative estimate of drug-likeness (QED) is 0.753. The minimum absolute atomic E-state index is 0.207. The van der Waals surface area contributed by atoms with Crippen LogP contribution < -0.4 is 10.6 Å². The van der Waals surface area contributed by atoms with Crippen LogP contribution in [0, 0.1) is 0 Å². The van der Waals surface area contributed by atoms with Crippen LogP contribution >= 0.6 is 0 Å². The maximum absolute atomic E-state index is 11.9. The molecule has 0 spiro atoms. The lowest BCUT2D eigenvalue weighted by atomic mass is 9.98. The Labute approximate surface area is 94.0 Å². The molecular formula is C12H16F2N2. The molecule has 0 saturated heterocycles. The van der Waals surface area contributed by atoms with Gasteiger partial charge in [0.05, 0.1) is 6.54 Å². The van der Waals surface area contributed by atoms with Crippen LogP contribution in [0.25, 0.3) is 0 Å². The first-order valence-electron chi connectivity index (χ1n) is 5.59. The summed E-state index contributed by atoms with van der Waals surface area (Å²) in [6.07, 6.45) is -1.36. The lowest BCUT2D eigenvalue weighted by molar-refractivity contribution is 0.146. The number of rotatable bonds is 5. The number of para-hydroxylation sites is 1. The van der Waals surface area contributed by atoms with Crippen molar-refractivity contribution in [3.8, 4) is 0 Å². The second-order valence-corrected chi connectivity index (χ2v) is 4.05. The van der Waals surface area contributed by atoms with Gasteiger partial charge in [-0.2, -0.15) is 0 Å². The molecule has 1 atom stereocenters. The Hall–Kier alpha value is -1.16. The number of benzene rings is 1. The van der Waals surface area contributed by atoms with Gasteiger partial charge in [0.1, 0.15) is 0 Å². The van der Waals surface area contributed by atoms with E-state index in [1.165, 1.54) is 11.3 Å². The number of nitrogens with one attached hydrogen (secondary N) is 2. The predicted octanol–water partition coefficient (Wildman–Crippen LogP) is 2.44. The summed E-state index contributed by atoms with van der Waals surface area (Å²) in [6.45, 7) is 1.35. The Morgan fingerprint density at radius 2 is 2.19 bits per heavy atom. The van der Waals surface area contributed by atoms with E-state index in [1.807, 2.05) is 12.1 Å². The van der Waals surface area contributed by atoms with Crippen molar-refractivity contribution < 1.29 is 8.78 Å². The number of anilines is 1. The summed E-state index contributed by atoms with van der Waals surface area (Å²) in [5.74, 6) is 0.446. The molecule has 0 radical (unpaired) electrons. The maximum Gasteiger partial charge on any atom is 0.250 e. The first kappa shape index (κ1) is 11.3. The number of halogens is 2. The van der Waals surface area contributed by atoms with Gasteiger partial charge in [0.15, 0.2) is 0 Å². The molecule has 1 aliphatic heterocycles. The van der Waals surface area contributed by atoms with Gasteiger partial charge in [-0.05, 0) is 24.6 Å². The van der Waals surface area contributed by atoms with Crippen LogP contribution in [0.5, 0.6) is 0 Å². The minimum Gasteiger partial charge on any atom is -0.384 e. The Morgan fingerprint density at radius 3 is 3.00 bits per heavy atom. The third kappa shape index (κ3) is 2.70. The van der Waals surface area contributed by atoms with Crippen LogP contribution in [0.3, 0.4) is 0 Å². The van der Waals surface area contributed by atoms with Gasteiger partial charge in [0, 0.05) is 18.2 Å². The first-order valence-corrected chi connectivity index (χ1v) is 5.59. The minimum atomic E-state index is -2.26. The molecule has 16 heavy (non-hydrogen) atoms. The molecule has 0 saturated carbocycles. The van der Waals surface area contributed by atoms with Gasteiger partial charge in [-0.3, -0.25) is 0 Å². The van der Waals surface area contributed by atoms with Crippen molar-refractivity contribution in [1.82, 2.24) is 5.32 Å². The molecular weight excluding hydrogens is 210 g/mol. The van der Waals surface area contributed by atoms with Gasteiger partial charge >= 0.3 is 0 Å². The second kappa shape index (κ2) is 5.25. The highest BCUT2D eigenvalue weighted by Gasteiger charge is 2.20. The summed E-state index contributed by atoms with van der Waals surface area (Å²) in [6, 6.07) is 8.18. The van der Waals surface area contributed by atoms with Gasteiger partial charge < -0.3 is 10.6 Å². The van der Waals surface area contributed by atoms with E-state index in [2.05, 4.69) is 22.8 Å². The highest BCUT2D eigenvalue weighted by atomic mass is 19.3. The van der Waals surface area contributed by atoms with E-state index in [1.54, 1.807) is 0 Å². The normalized spacial score (nSPS) is 18.6. The van der Waals surface area contributed by atoms with E-state index < -0.39 is 6.43 Å². The fourth-order valence-corrected chi connectivity index (χ4v) is 2.10. The summed E-state index contributed by atoms with van der Waals surface area (Å²) >= 11 is 0. The smallest absolute Gasteiger partial charge is 0.250 e. The third-order valence-corrected chi connectivity index (χ3v) is 2.91. The van der Waals surface area contributed by atoms with Crippen molar-refractivity contribution >= 4 is 5.69 Å². The van der Waals surface area contributed by atoms with Crippen LogP contribution in [-0.2, 0) is 0 Å². The highest BCUT2D eigenvalue weighted by molar-refractivity contribution is 5.57. The Kier molecular flexibility index (Phi) is 3.72. The summed E-state index contributed by atoms with van der Waals surface area (Å²) < 4.78 is 23.8. The van der Waals surface area contributed by atoms with Crippen LogP contribution in [0.1, 0.15) is 17.9 Å². The average Bonchev–Trinajstić information content (AvgIpc) is 2.68. The van der Waals surface area contributed by atoms with Gasteiger partial charge in [-0.1, -0.05) is 18.2 Å². The fourth-order valence-electron chi connectivity index (χ4n) is 2.10. The average molecular weight is 226 g/mol. The molecule has 1 aromatic carbocycles. The molecule has 2 nitrogen and oxygen atoms in total. The molecule has 1 unspecified atom stereocenters. The Morgan fingerprint density at radius 1 is 1.38 bits per heavy atom. The molecule has 1 aromatic rings. The molecule has 0 aliphatic carbocycles. The molecule has 2 N–H and O–H groups in total. The van der Waals surface area contributed by atoms with E-state index >= 15 is 0 Å². The second-order valence-electron chi connectivity index (χ2n) is 4.05. The molecule has 0 amide bonds. The largest absolute Gasteiger partial charge is 0.384 e. The van der Waals surface area contributed by atoms with Crippen molar-refractivity contribution in [2.24, 2.45) is 0 Å². The lowest BCUT2D eigenvalue weighted by Crippen LogP contribution is -2.23. The van der Waals surface area contributed by atoms with Gasteiger partial charge in [-0.25, -0.2) is 8.78 Å². The van der Waals surface area contributed by atoms with Gasteiger partial charge in [0.25, 0.3) is 6.43 Å². The molecule has 2 rings (SSSR count). The highest BCUT2D eigenvalue weighted by Crippen LogP contribution is 2.32. The molecule has 4 heteroatoms. The zero-order valence-corrected chi connectivity index (χ0v) is 9.05. The Bertz CT molecular complexity index is 342. The van der Waals surface area contributed by atoms with Gasteiger partial charge in [-0.15, -0.1) is 0 Å². The fraction of sp³-hybridized carbons (Fsp3) is 0.500. The lowest BCUT2D eigenvalue weighted by Gasteiger charge is -2.10. The molecule has 0 bridgehead atoms. The summed E-state index contributed by atoms with van der Waals surface area (Å²) in [5.41, 5.74) is 2.49. The van der Waals surface area contributed by atoms with Crippen LogP contribution in [0.15, 0.2) is 24.3 Å². The van der Waals surface area contributed by atoms with E-state index in [-0.39, 0.29) is 6.54 Å². The van der Waals surface area contributed by atoms with E-state index in [0.717, 1.165) is 13.0 Å². The van der Waals surface area contributed by atoms with Crippen molar-refractivity contribution in [3.05, 3.63) is 29.8 Å². The van der Waals surface area contributed by atoms with Crippen LogP contribution in [0.4, 0.5) is 14.5 Å². The molecule has 0 aromatic heterocycles. The molecule has 1 heterocycles. The van der Waals surface area contributed by atoms with Crippen molar-refractivity contribution in [1.29, 1.82) is 0 Å². The van der Waals surface area contributed by atoms with Crippen molar-refractivity contribution in [2.45, 2.75) is 18.8 Å². The number of alkyl halides is 2. The topological polar surface area (TPSA) is 24.1 Å². The van der Waals surface area contributed by atoms with E-state index in [9.17, 15) is 8.78 Å². The zero-order valence-electron chi connectivity index (χ0n) is 9.05. The van der Waals surface area contributed by atoms with E-state index in [4.69, 9.17) is 0 Å². The summed E-state index contributed by atoms with van der Waals surface area (Å²) in [7, 11) is 0. The van der Waals surface area contributed by atoms with Crippen LogP contribution in [0.2, 0.25) is 0 Å². The molecule has 0 fully saturated rings. The zero-order chi connectivity index (χ0) is 11.4. The Balaban J connectivity index is 1.80. The predicted molar refractivity (Wildman–Crippen MR) is 61.2 cm³/mol. The summed E-state index contributed by atoms with van der Waals surface area (Å²) in [4.78, 5) is 0. The van der Waals surface area contributed by atoms with E-state index in [0.29, 0.717) is 12.5 Å². The van der Waals surface area contributed by atoms with Crippen molar-refractivity contribution in [3.63, 3.8) is 0 Å². The van der Waals surface area contributed by atoms with Crippen molar-refractivity contribution in [2.75, 3.05) is 25.0 Å². The molecule has 1 aliphatic rings. The summed E-state index contributed by atoms with van der Waals surface area (Å²) in [5, 5.41) is 6.09. The maximum atomic E-state index is 11.9. The first-order chi connectivity index (χ1) is 7.77. The van der Waals surface area contributed by atoms with Gasteiger partial charge in [0.2, 0.25) is 0 Å². The number of hydrogen-bond donors (Lipinski definition) is 2. The molecule has 88 valence electrons. The standard InChI is InChI=1S/C12H16F2N2/c13-12(14)8-15-6-5-9-7-16-11-4-2-1-3-10(9)11/h1-4,9,12,15-16H,5-8H2. The van der Waals surface area contributed by atoms with Crippen LogP contribution in [-0.4, -0.2) is 26.1 Å². The monoisotopic (exact) mass is 226 g/mol. The third-order valence-electron chi connectivity index (χ3n) is 2.91. The number of hydrogen-bond acceptors (Lipinski definition) is 2. The SMILES string of the molecule is FC(F)CNCCC1CNc2ccccc21.